The monoisotopic (exact) mass is 86.0 g/mol. The zero-order chi connectivity index (χ0) is 3.91. The van der Waals surface area contributed by atoms with E-state index in [1.54, 1.807) is 0 Å². The molecule has 0 atom stereocenters. The highest BCUT2D eigenvalue weighted by molar-refractivity contribution is 6.41. The van der Waals surface area contributed by atoms with Gasteiger partial charge in [-0.2, -0.15) is 0 Å². The van der Waals surface area contributed by atoms with Gasteiger partial charge in [0.15, 0.2) is 0 Å². The van der Waals surface area contributed by atoms with Gasteiger partial charge >= 0.3 is 0 Å². The largest absolute Gasteiger partial charge is 0.410 e. The van der Waals surface area contributed by atoms with Gasteiger partial charge in [-0.15, -0.1) is 0 Å². The second kappa shape index (κ2) is 0.630. The van der Waals surface area contributed by atoms with E-state index in [2.05, 4.69) is 13.8 Å². The zero-order valence-electron chi connectivity index (χ0n) is 3.41. The van der Waals surface area contributed by atoms with Crippen LogP contribution in [0.5, 0.6) is 0 Å². The summed E-state index contributed by atoms with van der Waals surface area (Å²) < 4.78 is 4.92. The van der Waals surface area contributed by atoms with Crippen molar-refractivity contribution in [3.63, 3.8) is 0 Å². The van der Waals surface area contributed by atoms with Crippen LogP contribution in [0.15, 0.2) is 0 Å². The number of hydrogen-bond donors (Lipinski definition) is 0. The molecule has 0 aromatic heterocycles. The lowest BCUT2D eigenvalue weighted by Gasteiger charge is -1.82. The van der Waals surface area contributed by atoms with Crippen molar-refractivity contribution in [2.75, 3.05) is 0 Å². The molecule has 0 spiro atoms. The van der Waals surface area contributed by atoms with Gasteiger partial charge < -0.3 is 4.43 Å². The van der Waals surface area contributed by atoms with E-state index in [-0.39, 0.29) is 5.22 Å². The van der Waals surface area contributed by atoms with Crippen LogP contribution in [0.2, 0.25) is 0 Å². The molecular formula is C3H6OSi. The summed E-state index contributed by atoms with van der Waals surface area (Å²) in [6, 6.07) is 0. The lowest BCUT2D eigenvalue weighted by atomic mass is 10.5. The van der Waals surface area contributed by atoms with Crippen LogP contribution in [0, 0.1) is 0 Å². The molecule has 0 unspecified atom stereocenters. The van der Waals surface area contributed by atoms with Crippen LogP contribution in [-0.2, 0) is 4.43 Å². The third kappa shape index (κ3) is 0.739. The highest BCUT2D eigenvalue weighted by Crippen LogP contribution is 2.19. The maximum Gasteiger partial charge on any atom is 0.264 e. The van der Waals surface area contributed by atoms with Crippen molar-refractivity contribution in [3.8, 4) is 0 Å². The summed E-state index contributed by atoms with van der Waals surface area (Å²) in [4.78, 5) is 0. The molecule has 2 heteroatoms. The second-order valence-corrected chi connectivity index (χ2v) is 3.33. The molecule has 0 aromatic carbocycles. The van der Waals surface area contributed by atoms with E-state index in [0.29, 0.717) is 0 Å². The Morgan fingerprint density at radius 1 is 1.60 bits per heavy atom. The molecule has 1 aliphatic heterocycles. The van der Waals surface area contributed by atoms with Gasteiger partial charge in [0.05, 0.1) is 5.22 Å². The molecule has 5 heavy (non-hydrogen) atoms. The van der Waals surface area contributed by atoms with Gasteiger partial charge in [0.2, 0.25) is 0 Å². The molecule has 0 saturated carbocycles. The van der Waals surface area contributed by atoms with E-state index in [1.807, 2.05) is 0 Å². The Labute approximate surface area is 34.3 Å². The molecule has 1 rings (SSSR count). The fourth-order valence-electron chi connectivity index (χ4n) is 0.102. The van der Waals surface area contributed by atoms with Gasteiger partial charge in [-0.25, -0.2) is 0 Å². The molecule has 2 radical (unpaired) electrons. The number of hydrogen-bond acceptors (Lipinski definition) is 1. The molecule has 0 aromatic rings. The van der Waals surface area contributed by atoms with Gasteiger partial charge in [-0.3, -0.25) is 0 Å². The summed E-state index contributed by atoms with van der Waals surface area (Å²) >= 11 is 0. The van der Waals surface area contributed by atoms with Gasteiger partial charge in [0, 0.05) is 0 Å². The summed E-state index contributed by atoms with van der Waals surface area (Å²) in [5, 5.41) is 0.278. The van der Waals surface area contributed by atoms with Crippen molar-refractivity contribution in [2.45, 2.75) is 19.1 Å². The third-order valence-electron chi connectivity index (χ3n) is 0.510. The first-order valence-corrected chi connectivity index (χ1v) is 2.57. The average Bonchev–Trinajstić information content (AvgIpc) is 1.76. The highest BCUT2D eigenvalue weighted by atomic mass is 28.2. The van der Waals surface area contributed by atoms with Crippen molar-refractivity contribution in [1.29, 1.82) is 0 Å². The van der Waals surface area contributed by atoms with Crippen LogP contribution in [-0.4, -0.2) is 15.0 Å². The van der Waals surface area contributed by atoms with E-state index in [1.165, 1.54) is 0 Å². The third-order valence-corrected chi connectivity index (χ3v) is 1.53. The lowest BCUT2D eigenvalue weighted by Crippen LogP contribution is -1.92. The fourth-order valence-corrected chi connectivity index (χ4v) is 0.306. The Kier molecular flexibility index (Phi) is 0.425. The van der Waals surface area contributed by atoms with E-state index < -0.39 is 0 Å². The molecular weight excluding hydrogens is 80.1 g/mol. The highest BCUT2D eigenvalue weighted by Gasteiger charge is 2.35. The van der Waals surface area contributed by atoms with Gasteiger partial charge in [-0.05, 0) is 13.8 Å². The Morgan fingerprint density at radius 2 is 1.80 bits per heavy atom. The average molecular weight is 86.2 g/mol. The summed E-state index contributed by atoms with van der Waals surface area (Å²) in [6.45, 7) is 4.18. The molecule has 1 nitrogen and oxygen atoms in total. The van der Waals surface area contributed by atoms with Crippen LogP contribution in [0.4, 0.5) is 0 Å². The Balaban J connectivity index is 2.38. The molecule has 1 aliphatic rings. The van der Waals surface area contributed by atoms with Crippen molar-refractivity contribution in [1.82, 2.24) is 0 Å². The van der Waals surface area contributed by atoms with E-state index in [0.717, 1.165) is 9.76 Å². The number of rotatable bonds is 0. The molecule has 1 fully saturated rings. The minimum absolute atomic E-state index is 0.278. The first-order chi connectivity index (χ1) is 2.21. The quantitative estimate of drug-likeness (QED) is 0.306. The van der Waals surface area contributed by atoms with E-state index in [4.69, 9.17) is 4.43 Å². The summed E-state index contributed by atoms with van der Waals surface area (Å²) in [5.74, 6) is 0. The fraction of sp³-hybridized carbons (Fsp3) is 1.00. The Hall–Kier alpha value is 0.177. The summed E-state index contributed by atoms with van der Waals surface area (Å²) in [5.41, 5.74) is 0. The van der Waals surface area contributed by atoms with Crippen molar-refractivity contribution >= 4 is 9.76 Å². The van der Waals surface area contributed by atoms with Crippen molar-refractivity contribution in [2.24, 2.45) is 0 Å². The normalized spacial score (nSPS) is 30.0. The molecule has 0 aliphatic carbocycles. The summed E-state index contributed by atoms with van der Waals surface area (Å²) in [6.07, 6.45) is 0. The minimum atomic E-state index is 0.278. The maximum atomic E-state index is 4.92. The summed E-state index contributed by atoms with van der Waals surface area (Å²) in [7, 11) is 0.760. The molecule has 0 N–H and O–H groups in total. The lowest BCUT2D eigenvalue weighted by molar-refractivity contribution is 0.367. The first kappa shape index (κ1) is 3.37. The van der Waals surface area contributed by atoms with Gasteiger partial charge in [0.25, 0.3) is 9.76 Å². The molecule has 1 saturated heterocycles. The molecule has 0 bridgehead atoms. The van der Waals surface area contributed by atoms with Crippen molar-refractivity contribution < 1.29 is 4.43 Å². The topological polar surface area (TPSA) is 12.5 Å². The minimum Gasteiger partial charge on any atom is -0.410 e. The van der Waals surface area contributed by atoms with Crippen molar-refractivity contribution in [3.05, 3.63) is 0 Å². The molecule has 28 valence electrons. The van der Waals surface area contributed by atoms with Crippen LogP contribution in [0.3, 0.4) is 0 Å². The van der Waals surface area contributed by atoms with Crippen LogP contribution in [0.1, 0.15) is 13.8 Å². The SMILES string of the molecule is CC1(C)O[Si]1. The smallest absolute Gasteiger partial charge is 0.264 e. The zero-order valence-corrected chi connectivity index (χ0v) is 4.41. The van der Waals surface area contributed by atoms with Gasteiger partial charge in [-0.1, -0.05) is 0 Å². The van der Waals surface area contributed by atoms with Crippen LogP contribution < -0.4 is 0 Å². The van der Waals surface area contributed by atoms with Crippen LogP contribution in [0.25, 0.3) is 0 Å². The second-order valence-electron chi connectivity index (χ2n) is 1.71. The van der Waals surface area contributed by atoms with Crippen LogP contribution >= 0.6 is 0 Å². The Bertz CT molecular complexity index is 44.9. The molecule has 0 amide bonds. The van der Waals surface area contributed by atoms with E-state index >= 15 is 0 Å². The molecule has 1 heterocycles. The Morgan fingerprint density at radius 3 is 1.80 bits per heavy atom. The van der Waals surface area contributed by atoms with Gasteiger partial charge in [0.1, 0.15) is 0 Å². The first-order valence-electron chi connectivity index (χ1n) is 1.66. The van der Waals surface area contributed by atoms with E-state index in [9.17, 15) is 0 Å². The predicted molar refractivity (Wildman–Crippen MR) is 20.9 cm³/mol. The standard InChI is InChI=1S/C3H6OSi/c1-3(2)4-5-3/h1-2H3. The predicted octanol–water partition coefficient (Wildman–Crippen LogP) is 0.372. The maximum absolute atomic E-state index is 4.92.